The van der Waals surface area contributed by atoms with E-state index in [9.17, 15) is 9.59 Å². The number of nitrogens with one attached hydrogen (secondary N) is 2. The third-order valence-electron chi connectivity index (χ3n) is 2.77. The Morgan fingerprint density at radius 1 is 1.14 bits per heavy atom. The SMILES string of the molecule is Cc1nc(Br)ccc1NC(=O)CNC(=O)c1ccccc1. The van der Waals surface area contributed by atoms with Gasteiger partial charge in [0.15, 0.2) is 0 Å². The average molecular weight is 348 g/mol. The van der Waals surface area contributed by atoms with Gasteiger partial charge in [0.25, 0.3) is 5.91 Å². The van der Waals surface area contributed by atoms with Crippen molar-refractivity contribution in [3.8, 4) is 0 Å². The van der Waals surface area contributed by atoms with Gasteiger partial charge >= 0.3 is 0 Å². The minimum Gasteiger partial charge on any atom is -0.343 e. The lowest BCUT2D eigenvalue weighted by molar-refractivity contribution is -0.115. The molecule has 2 rings (SSSR count). The molecule has 1 aromatic carbocycles. The number of hydrogen-bond donors (Lipinski definition) is 2. The summed E-state index contributed by atoms with van der Waals surface area (Å²) in [6.45, 7) is 1.70. The van der Waals surface area contributed by atoms with Crippen LogP contribution in [0.15, 0.2) is 47.1 Å². The van der Waals surface area contributed by atoms with E-state index in [2.05, 4.69) is 31.5 Å². The van der Waals surface area contributed by atoms with Crippen LogP contribution >= 0.6 is 15.9 Å². The number of benzene rings is 1. The van der Waals surface area contributed by atoms with Crippen LogP contribution in [0.25, 0.3) is 0 Å². The van der Waals surface area contributed by atoms with Gasteiger partial charge < -0.3 is 10.6 Å². The Labute approximate surface area is 130 Å². The molecule has 2 N–H and O–H groups in total. The number of anilines is 1. The summed E-state index contributed by atoms with van der Waals surface area (Å²) in [6.07, 6.45) is 0. The lowest BCUT2D eigenvalue weighted by Crippen LogP contribution is -2.33. The van der Waals surface area contributed by atoms with Crippen LogP contribution in [-0.2, 0) is 4.79 Å². The second-order valence-electron chi connectivity index (χ2n) is 4.36. The van der Waals surface area contributed by atoms with Crippen LogP contribution in [0.1, 0.15) is 16.1 Å². The first kappa shape index (κ1) is 15.2. The Hall–Kier alpha value is -2.21. The van der Waals surface area contributed by atoms with Crippen LogP contribution < -0.4 is 10.6 Å². The van der Waals surface area contributed by atoms with Gasteiger partial charge in [-0.3, -0.25) is 9.59 Å². The Bertz CT molecular complexity index is 659. The molecule has 0 unspecified atom stereocenters. The summed E-state index contributed by atoms with van der Waals surface area (Å²) in [7, 11) is 0. The summed E-state index contributed by atoms with van der Waals surface area (Å²) in [5, 5.41) is 5.28. The highest BCUT2D eigenvalue weighted by atomic mass is 79.9. The molecule has 6 heteroatoms. The Morgan fingerprint density at radius 2 is 1.86 bits per heavy atom. The van der Waals surface area contributed by atoms with Crippen molar-refractivity contribution in [2.75, 3.05) is 11.9 Å². The van der Waals surface area contributed by atoms with Crippen molar-refractivity contribution >= 4 is 33.4 Å². The number of rotatable bonds is 4. The van der Waals surface area contributed by atoms with E-state index in [0.29, 0.717) is 21.5 Å². The fraction of sp³-hybridized carbons (Fsp3) is 0.133. The topological polar surface area (TPSA) is 71.1 Å². The molecular formula is C15H14BrN3O2. The molecule has 2 aromatic rings. The minimum absolute atomic E-state index is 0.0940. The second kappa shape index (κ2) is 6.99. The maximum absolute atomic E-state index is 11.8. The first-order valence-electron chi connectivity index (χ1n) is 6.32. The maximum Gasteiger partial charge on any atom is 0.251 e. The molecule has 0 radical (unpaired) electrons. The van der Waals surface area contributed by atoms with Crippen LogP contribution in [0.5, 0.6) is 0 Å². The molecule has 1 heterocycles. The average Bonchev–Trinajstić information content (AvgIpc) is 2.48. The number of nitrogens with zero attached hydrogens (tertiary/aromatic N) is 1. The van der Waals surface area contributed by atoms with Gasteiger partial charge in [-0.05, 0) is 47.1 Å². The zero-order valence-corrected chi connectivity index (χ0v) is 13.0. The normalized spacial score (nSPS) is 10.0. The van der Waals surface area contributed by atoms with Gasteiger partial charge in [0, 0.05) is 5.56 Å². The van der Waals surface area contributed by atoms with Crippen LogP contribution in [-0.4, -0.2) is 23.3 Å². The molecule has 0 saturated carbocycles. The summed E-state index contributed by atoms with van der Waals surface area (Å²) in [5.74, 6) is -0.581. The van der Waals surface area contributed by atoms with Gasteiger partial charge in [-0.2, -0.15) is 0 Å². The van der Waals surface area contributed by atoms with Crippen molar-refractivity contribution in [3.05, 3.63) is 58.3 Å². The molecular weight excluding hydrogens is 334 g/mol. The Morgan fingerprint density at radius 3 is 2.52 bits per heavy atom. The van der Waals surface area contributed by atoms with Crippen LogP contribution in [0, 0.1) is 6.92 Å². The van der Waals surface area contributed by atoms with Gasteiger partial charge in [0.05, 0.1) is 17.9 Å². The van der Waals surface area contributed by atoms with Crippen LogP contribution in [0.2, 0.25) is 0 Å². The van der Waals surface area contributed by atoms with Crippen molar-refractivity contribution in [2.24, 2.45) is 0 Å². The summed E-state index contributed by atoms with van der Waals surface area (Å²) in [6, 6.07) is 12.2. The molecule has 0 saturated heterocycles. The predicted octanol–water partition coefficient (Wildman–Crippen LogP) is 2.52. The predicted molar refractivity (Wildman–Crippen MR) is 84.1 cm³/mol. The Kier molecular flexibility index (Phi) is 5.05. The third-order valence-corrected chi connectivity index (χ3v) is 3.21. The standard InChI is InChI=1S/C15H14BrN3O2/c1-10-12(7-8-13(16)18-10)19-14(20)9-17-15(21)11-5-3-2-4-6-11/h2-8H,9H2,1H3,(H,17,21)(H,19,20). The quantitative estimate of drug-likeness (QED) is 0.834. The van der Waals surface area contributed by atoms with E-state index in [4.69, 9.17) is 0 Å². The minimum atomic E-state index is -0.300. The molecule has 21 heavy (non-hydrogen) atoms. The number of pyridine rings is 1. The van der Waals surface area contributed by atoms with E-state index in [1.165, 1.54) is 0 Å². The lowest BCUT2D eigenvalue weighted by atomic mass is 10.2. The molecule has 2 amide bonds. The van der Waals surface area contributed by atoms with Crippen molar-refractivity contribution in [1.82, 2.24) is 10.3 Å². The maximum atomic E-state index is 11.8. The molecule has 5 nitrogen and oxygen atoms in total. The van der Waals surface area contributed by atoms with Crippen molar-refractivity contribution in [3.63, 3.8) is 0 Å². The molecule has 1 aromatic heterocycles. The highest BCUT2D eigenvalue weighted by molar-refractivity contribution is 9.10. The lowest BCUT2D eigenvalue weighted by Gasteiger charge is -2.09. The van der Waals surface area contributed by atoms with Crippen molar-refractivity contribution in [2.45, 2.75) is 6.92 Å². The summed E-state index contributed by atoms with van der Waals surface area (Å²) in [4.78, 5) is 27.8. The number of aryl methyl sites for hydroxylation is 1. The first-order chi connectivity index (χ1) is 10.1. The fourth-order valence-electron chi connectivity index (χ4n) is 1.71. The Balaban J connectivity index is 1.89. The van der Waals surface area contributed by atoms with E-state index in [1.54, 1.807) is 43.3 Å². The number of carbonyl (C=O) groups excluding carboxylic acids is 2. The molecule has 108 valence electrons. The van der Waals surface area contributed by atoms with E-state index in [0.717, 1.165) is 0 Å². The first-order valence-corrected chi connectivity index (χ1v) is 7.12. The number of hydrogen-bond acceptors (Lipinski definition) is 3. The van der Waals surface area contributed by atoms with Crippen LogP contribution in [0.4, 0.5) is 5.69 Å². The molecule has 0 atom stereocenters. The zero-order valence-electron chi connectivity index (χ0n) is 11.4. The number of aromatic nitrogens is 1. The molecule has 0 aliphatic rings. The molecule has 0 fully saturated rings. The smallest absolute Gasteiger partial charge is 0.251 e. The van der Waals surface area contributed by atoms with E-state index >= 15 is 0 Å². The summed E-state index contributed by atoms with van der Waals surface area (Å²) in [5.41, 5.74) is 1.84. The largest absolute Gasteiger partial charge is 0.343 e. The van der Waals surface area contributed by atoms with Crippen molar-refractivity contribution < 1.29 is 9.59 Å². The van der Waals surface area contributed by atoms with Gasteiger partial charge in [0.1, 0.15) is 4.60 Å². The zero-order chi connectivity index (χ0) is 15.2. The highest BCUT2D eigenvalue weighted by Gasteiger charge is 2.09. The van der Waals surface area contributed by atoms with E-state index in [-0.39, 0.29) is 18.4 Å². The number of halogens is 1. The molecule has 0 aliphatic carbocycles. The fourth-order valence-corrected chi connectivity index (χ4v) is 2.11. The number of carbonyl (C=O) groups is 2. The van der Waals surface area contributed by atoms with Gasteiger partial charge in [-0.25, -0.2) is 4.98 Å². The number of amides is 2. The monoisotopic (exact) mass is 347 g/mol. The van der Waals surface area contributed by atoms with Gasteiger partial charge in [-0.15, -0.1) is 0 Å². The van der Waals surface area contributed by atoms with E-state index < -0.39 is 0 Å². The molecule has 0 aliphatic heterocycles. The second-order valence-corrected chi connectivity index (χ2v) is 5.18. The van der Waals surface area contributed by atoms with Crippen LogP contribution in [0.3, 0.4) is 0 Å². The summed E-state index contributed by atoms with van der Waals surface area (Å²) < 4.78 is 0.704. The third kappa shape index (κ3) is 4.39. The highest BCUT2D eigenvalue weighted by Crippen LogP contribution is 2.15. The van der Waals surface area contributed by atoms with E-state index in [1.807, 2.05) is 6.07 Å². The van der Waals surface area contributed by atoms with Crippen molar-refractivity contribution in [1.29, 1.82) is 0 Å². The van der Waals surface area contributed by atoms with Gasteiger partial charge in [0.2, 0.25) is 5.91 Å². The summed E-state index contributed by atoms with van der Waals surface area (Å²) >= 11 is 3.26. The van der Waals surface area contributed by atoms with Gasteiger partial charge in [-0.1, -0.05) is 18.2 Å². The molecule has 0 bridgehead atoms. The molecule has 0 spiro atoms.